The quantitative estimate of drug-likeness (QED) is 0.257. The topological polar surface area (TPSA) is 15.8 Å². The Labute approximate surface area is 199 Å². The number of aromatic nitrogens is 1. The lowest BCUT2D eigenvalue weighted by molar-refractivity contribution is 1.57. The number of hydrogen-bond donors (Lipinski definition) is 1. The zero-order chi connectivity index (χ0) is 22.2. The Hall–Kier alpha value is -4.14. The monoisotopic (exact) mass is 449 g/mol. The molecule has 1 N–H and O–H groups in total. The standard InChI is InChI=1S/C32H19NS/c1-2-11-20-19(9-1)10-7-15-21(20)24-16-8-17-26-28-22-12-3-4-13-23(22)30-29(32(28)34-31(24)26)25-14-5-6-18-27(25)33-30/h1-18,33H. The molecule has 0 radical (unpaired) electrons. The zero-order valence-electron chi connectivity index (χ0n) is 18.3. The summed E-state index contributed by atoms with van der Waals surface area (Å²) >= 11 is 1.94. The van der Waals surface area contributed by atoms with Gasteiger partial charge in [-0.05, 0) is 27.8 Å². The van der Waals surface area contributed by atoms with Crippen molar-refractivity contribution in [1.29, 1.82) is 0 Å². The molecule has 1 nitrogen and oxygen atoms in total. The molecule has 6 aromatic carbocycles. The summed E-state index contributed by atoms with van der Waals surface area (Å²) in [7, 11) is 0. The summed E-state index contributed by atoms with van der Waals surface area (Å²) < 4.78 is 2.73. The van der Waals surface area contributed by atoms with Crippen LogP contribution >= 0.6 is 11.3 Å². The third kappa shape index (κ3) is 2.33. The van der Waals surface area contributed by atoms with Crippen LogP contribution in [0.2, 0.25) is 0 Å². The van der Waals surface area contributed by atoms with Crippen LogP contribution in [0.15, 0.2) is 109 Å². The third-order valence-electron chi connectivity index (χ3n) is 7.19. The van der Waals surface area contributed by atoms with Gasteiger partial charge in [-0.2, -0.15) is 0 Å². The van der Waals surface area contributed by atoms with Crippen molar-refractivity contribution < 1.29 is 0 Å². The van der Waals surface area contributed by atoms with E-state index in [-0.39, 0.29) is 0 Å². The minimum atomic E-state index is 1.20. The summed E-state index contributed by atoms with van der Waals surface area (Å²) in [5.74, 6) is 0. The molecule has 2 aromatic heterocycles. The number of hydrogen-bond acceptors (Lipinski definition) is 1. The number of aromatic amines is 1. The van der Waals surface area contributed by atoms with E-state index < -0.39 is 0 Å². The van der Waals surface area contributed by atoms with Gasteiger partial charge in [-0.3, -0.25) is 0 Å². The summed E-state index contributed by atoms with van der Waals surface area (Å²) in [5, 5.41) is 10.5. The molecule has 0 aliphatic heterocycles. The molecule has 0 bridgehead atoms. The first kappa shape index (κ1) is 18.3. The minimum Gasteiger partial charge on any atom is -0.354 e. The number of thiophene rings is 1. The van der Waals surface area contributed by atoms with E-state index in [2.05, 4.69) is 114 Å². The van der Waals surface area contributed by atoms with Gasteiger partial charge in [0.25, 0.3) is 0 Å². The van der Waals surface area contributed by atoms with Crippen molar-refractivity contribution >= 4 is 74.9 Å². The Balaban J connectivity index is 1.62. The maximum atomic E-state index is 3.73. The molecule has 0 amide bonds. The molecule has 0 fully saturated rings. The van der Waals surface area contributed by atoms with E-state index in [0.717, 1.165) is 0 Å². The molecule has 158 valence electrons. The number of para-hydroxylation sites is 1. The van der Waals surface area contributed by atoms with Gasteiger partial charge < -0.3 is 4.98 Å². The van der Waals surface area contributed by atoms with Gasteiger partial charge in [-0.1, -0.05) is 103 Å². The van der Waals surface area contributed by atoms with Crippen molar-refractivity contribution in [2.24, 2.45) is 0 Å². The predicted molar refractivity (Wildman–Crippen MR) is 149 cm³/mol. The highest BCUT2D eigenvalue weighted by Gasteiger charge is 2.19. The largest absolute Gasteiger partial charge is 0.354 e. The third-order valence-corrected chi connectivity index (χ3v) is 8.45. The first-order valence-electron chi connectivity index (χ1n) is 11.6. The molecule has 2 heterocycles. The average Bonchev–Trinajstić information content (AvgIpc) is 3.47. The molecule has 0 aliphatic carbocycles. The molecule has 0 saturated carbocycles. The first-order valence-corrected chi connectivity index (χ1v) is 12.4. The summed E-state index contributed by atoms with van der Waals surface area (Å²) in [4.78, 5) is 3.73. The van der Waals surface area contributed by atoms with Crippen molar-refractivity contribution in [2.75, 3.05) is 0 Å². The second-order valence-electron chi connectivity index (χ2n) is 8.98. The Morgan fingerprint density at radius 2 is 1.09 bits per heavy atom. The predicted octanol–water partition coefficient (Wildman–Crippen LogP) is 9.66. The molecule has 34 heavy (non-hydrogen) atoms. The Morgan fingerprint density at radius 3 is 2.00 bits per heavy atom. The van der Waals surface area contributed by atoms with Gasteiger partial charge in [0, 0.05) is 47.4 Å². The summed E-state index contributed by atoms with van der Waals surface area (Å²) in [6, 6.07) is 39.7. The molecule has 8 aromatic rings. The van der Waals surface area contributed by atoms with Crippen LogP contribution in [0.25, 0.3) is 74.6 Å². The number of rotatable bonds is 1. The molecule has 2 heteroatoms. The van der Waals surface area contributed by atoms with E-state index in [1.54, 1.807) is 0 Å². The second kappa shape index (κ2) is 6.69. The van der Waals surface area contributed by atoms with Crippen LogP contribution in [0.5, 0.6) is 0 Å². The van der Waals surface area contributed by atoms with Gasteiger partial charge >= 0.3 is 0 Å². The lowest BCUT2D eigenvalue weighted by Crippen LogP contribution is -1.82. The minimum absolute atomic E-state index is 1.20. The maximum Gasteiger partial charge on any atom is 0.0559 e. The smallest absolute Gasteiger partial charge is 0.0559 e. The highest BCUT2D eigenvalue weighted by atomic mass is 32.1. The van der Waals surface area contributed by atoms with Crippen LogP contribution in [-0.4, -0.2) is 4.98 Å². The van der Waals surface area contributed by atoms with Gasteiger partial charge in [0.2, 0.25) is 0 Å². The zero-order valence-corrected chi connectivity index (χ0v) is 19.1. The van der Waals surface area contributed by atoms with Crippen LogP contribution in [-0.2, 0) is 0 Å². The van der Waals surface area contributed by atoms with Crippen molar-refractivity contribution in [1.82, 2.24) is 4.98 Å². The van der Waals surface area contributed by atoms with Crippen molar-refractivity contribution in [3.63, 3.8) is 0 Å². The second-order valence-corrected chi connectivity index (χ2v) is 10.0. The molecular weight excluding hydrogens is 430 g/mol. The summed E-state index contributed by atoms with van der Waals surface area (Å²) in [5.41, 5.74) is 5.05. The first-order chi connectivity index (χ1) is 16.9. The van der Waals surface area contributed by atoms with E-state index in [0.29, 0.717) is 0 Å². The highest BCUT2D eigenvalue weighted by molar-refractivity contribution is 7.27. The van der Waals surface area contributed by atoms with Crippen LogP contribution < -0.4 is 0 Å². The van der Waals surface area contributed by atoms with Crippen molar-refractivity contribution in [3.8, 4) is 11.1 Å². The van der Waals surface area contributed by atoms with Gasteiger partial charge in [0.05, 0.1) is 5.52 Å². The van der Waals surface area contributed by atoms with Gasteiger partial charge in [0.15, 0.2) is 0 Å². The van der Waals surface area contributed by atoms with E-state index in [9.17, 15) is 0 Å². The van der Waals surface area contributed by atoms with Crippen molar-refractivity contribution in [2.45, 2.75) is 0 Å². The van der Waals surface area contributed by atoms with Gasteiger partial charge in [-0.15, -0.1) is 11.3 Å². The van der Waals surface area contributed by atoms with E-state index in [1.807, 2.05) is 11.3 Å². The lowest BCUT2D eigenvalue weighted by Gasteiger charge is -2.08. The molecule has 0 aliphatic rings. The van der Waals surface area contributed by atoms with Crippen LogP contribution in [0, 0.1) is 0 Å². The van der Waals surface area contributed by atoms with Gasteiger partial charge in [-0.25, -0.2) is 0 Å². The molecule has 0 spiro atoms. The highest BCUT2D eigenvalue weighted by Crippen LogP contribution is 2.48. The van der Waals surface area contributed by atoms with Gasteiger partial charge in [0.1, 0.15) is 0 Å². The number of H-pyrrole nitrogens is 1. The fourth-order valence-corrected chi connectivity index (χ4v) is 7.14. The summed E-state index contributed by atoms with van der Waals surface area (Å²) in [6.07, 6.45) is 0. The van der Waals surface area contributed by atoms with Crippen LogP contribution in [0.3, 0.4) is 0 Å². The SMILES string of the molecule is c1ccc2c(-c3cccc4c3sc3c4c4ccccc4c4[nH]c5ccccc5c43)cccc2c1. The van der Waals surface area contributed by atoms with E-state index >= 15 is 0 Å². The van der Waals surface area contributed by atoms with E-state index in [1.165, 1.54) is 74.6 Å². The fraction of sp³-hybridized carbons (Fsp3) is 0. The molecule has 8 rings (SSSR count). The Morgan fingerprint density at radius 1 is 0.441 bits per heavy atom. The normalized spacial score (nSPS) is 12.1. The number of fused-ring (bicyclic) bond motifs is 11. The Bertz CT molecular complexity index is 2070. The van der Waals surface area contributed by atoms with E-state index in [4.69, 9.17) is 0 Å². The lowest BCUT2D eigenvalue weighted by atomic mass is 9.95. The van der Waals surface area contributed by atoms with Crippen molar-refractivity contribution in [3.05, 3.63) is 109 Å². The molecular formula is C32H19NS. The Kier molecular flexibility index (Phi) is 3.60. The molecule has 0 atom stereocenters. The van der Waals surface area contributed by atoms with Crippen LogP contribution in [0.1, 0.15) is 0 Å². The van der Waals surface area contributed by atoms with Crippen LogP contribution in [0.4, 0.5) is 0 Å². The molecule has 0 unspecified atom stereocenters. The summed E-state index contributed by atoms with van der Waals surface area (Å²) in [6.45, 7) is 0. The maximum absolute atomic E-state index is 3.73. The fourth-order valence-electron chi connectivity index (χ4n) is 5.73. The number of nitrogens with one attached hydrogen (secondary N) is 1. The average molecular weight is 450 g/mol. The molecule has 0 saturated heterocycles. The number of benzene rings is 6.